The Morgan fingerprint density at radius 3 is 2.41 bits per heavy atom. The summed E-state index contributed by atoms with van der Waals surface area (Å²) in [6.07, 6.45) is 3.62. The third-order valence-electron chi connectivity index (χ3n) is 7.33. The maximum Gasteiger partial charge on any atom is 0.303 e. The van der Waals surface area contributed by atoms with Gasteiger partial charge in [-0.1, -0.05) is 54.6 Å². The summed E-state index contributed by atoms with van der Waals surface area (Å²) in [4.78, 5) is 28.7. The van der Waals surface area contributed by atoms with Gasteiger partial charge in [0.1, 0.15) is 5.76 Å². The minimum atomic E-state index is -2.26. The van der Waals surface area contributed by atoms with Crippen LogP contribution < -0.4 is 5.32 Å². The molecule has 0 saturated heterocycles. The quantitative estimate of drug-likeness (QED) is 0.141. The number of carboxylic acid groups (broad SMARTS) is 1. The van der Waals surface area contributed by atoms with Gasteiger partial charge in [0.05, 0.1) is 23.2 Å². The van der Waals surface area contributed by atoms with Gasteiger partial charge in [0.15, 0.2) is 0 Å². The molecule has 4 aromatic rings. The minimum absolute atomic E-state index is 0.00805. The molecular weight excluding hydrogens is 542 g/mol. The molecule has 1 fully saturated rings. The Hall–Kier alpha value is -3.86. The fourth-order valence-electron chi connectivity index (χ4n) is 5.05. The summed E-state index contributed by atoms with van der Waals surface area (Å²) in [6, 6.07) is 20.1. The maximum absolute atomic E-state index is 13.1. The fourth-order valence-corrected chi connectivity index (χ4v) is 5.57. The molecule has 2 aromatic heterocycles. The predicted octanol–water partition coefficient (Wildman–Crippen LogP) is 5.52. The van der Waals surface area contributed by atoms with Crippen LogP contribution in [0.4, 0.5) is 0 Å². The summed E-state index contributed by atoms with van der Waals surface area (Å²) >= 11 is -2.26. The Bertz CT molecular complexity index is 1560. The summed E-state index contributed by atoms with van der Waals surface area (Å²) < 4.78 is 29.7. The molecule has 0 spiro atoms. The second kappa shape index (κ2) is 12.8. The van der Waals surface area contributed by atoms with Gasteiger partial charge in [-0.15, -0.1) is 0 Å². The highest BCUT2D eigenvalue weighted by Crippen LogP contribution is 2.44. The van der Waals surface area contributed by atoms with E-state index in [1.807, 2.05) is 48.5 Å². The lowest BCUT2D eigenvalue weighted by molar-refractivity contribution is -0.137. The number of fused-ring (bicyclic) bond motifs is 1. The number of benzene rings is 2. The number of carbonyl (C=O) groups excluding carboxylic acids is 1. The van der Waals surface area contributed by atoms with Crippen LogP contribution in [0.5, 0.6) is 0 Å². The van der Waals surface area contributed by atoms with Crippen molar-refractivity contribution in [1.82, 2.24) is 14.6 Å². The zero-order chi connectivity index (χ0) is 28.9. The van der Waals surface area contributed by atoms with Crippen LogP contribution in [-0.4, -0.2) is 48.6 Å². The van der Waals surface area contributed by atoms with Crippen molar-refractivity contribution in [2.75, 3.05) is 13.6 Å². The molecule has 214 valence electrons. The standard InChI is InChI=1S/C31H33N3O6S/c1-32-30(37)28-25-18-24(22-14-15-22)26(19-34(41(38)39)16-6-5-9-27(35)36)33-31(25)40-29(28)23-12-10-21(11-13-23)17-20-7-3-2-4-8-20/h2-4,7-8,10-13,18,22H,5-6,9,14-17,19H2,1H3,(H,32,37)(H,35,36)(H,38,39). The first-order valence-corrected chi connectivity index (χ1v) is 14.8. The number of aliphatic carboxylic acids is 1. The average Bonchev–Trinajstić information content (AvgIpc) is 3.75. The van der Waals surface area contributed by atoms with E-state index in [4.69, 9.17) is 14.5 Å². The van der Waals surface area contributed by atoms with Gasteiger partial charge in [0, 0.05) is 25.6 Å². The highest BCUT2D eigenvalue weighted by atomic mass is 32.2. The van der Waals surface area contributed by atoms with Crippen LogP contribution in [0.25, 0.3) is 22.4 Å². The number of unbranched alkanes of at least 4 members (excludes halogenated alkanes) is 1. The van der Waals surface area contributed by atoms with Crippen LogP contribution in [0.2, 0.25) is 0 Å². The van der Waals surface area contributed by atoms with Crippen LogP contribution in [0.1, 0.15) is 70.8 Å². The molecule has 2 aromatic carbocycles. The van der Waals surface area contributed by atoms with Crippen LogP contribution in [0.15, 0.2) is 65.1 Å². The lowest BCUT2D eigenvalue weighted by Gasteiger charge is -2.18. The average molecular weight is 576 g/mol. The maximum atomic E-state index is 13.1. The Kier molecular flexibility index (Phi) is 8.92. The van der Waals surface area contributed by atoms with Crippen molar-refractivity contribution in [3.63, 3.8) is 0 Å². The van der Waals surface area contributed by atoms with Crippen molar-refractivity contribution in [2.45, 2.75) is 51.0 Å². The topological polar surface area (TPSA) is 133 Å². The number of carboxylic acids is 1. The van der Waals surface area contributed by atoms with Gasteiger partial charge in [0.2, 0.25) is 17.0 Å². The van der Waals surface area contributed by atoms with Gasteiger partial charge < -0.3 is 14.8 Å². The van der Waals surface area contributed by atoms with E-state index >= 15 is 0 Å². The summed E-state index contributed by atoms with van der Waals surface area (Å²) in [6.45, 7) is 0.361. The number of pyridine rings is 1. The largest absolute Gasteiger partial charge is 0.481 e. The zero-order valence-electron chi connectivity index (χ0n) is 22.8. The molecule has 1 unspecified atom stereocenters. The summed E-state index contributed by atoms with van der Waals surface area (Å²) in [5.74, 6) is -0.486. The van der Waals surface area contributed by atoms with E-state index in [9.17, 15) is 18.4 Å². The van der Waals surface area contributed by atoms with Crippen LogP contribution in [0, 0.1) is 0 Å². The molecule has 1 aliphatic carbocycles. The number of hydrogen-bond acceptors (Lipinski definition) is 5. The van der Waals surface area contributed by atoms with Crippen molar-refractivity contribution in [1.29, 1.82) is 0 Å². The number of aromatic nitrogens is 1. The van der Waals surface area contributed by atoms with Gasteiger partial charge in [-0.25, -0.2) is 9.19 Å². The van der Waals surface area contributed by atoms with Gasteiger partial charge in [0.25, 0.3) is 5.91 Å². The number of rotatable bonds is 13. The van der Waals surface area contributed by atoms with E-state index in [2.05, 4.69) is 17.4 Å². The third kappa shape index (κ3) is 6.90. The summed E-state index contributed by atoms with van der Waals surface area (Å²) in [5.41, 5.74) is 5.37. The molecule has 1 atom stereocenters. The Morgan fingerprint density at radius 1 is 1.07 bits per heavy atom. The molecule has 1 aliphatic rings. The predicted molar refractivity (Wildman–Crippen MR) is 157 cm³/mol. The molecule has 1 amide bonds. The Morgan fingerprint density at radius 2 is 1.78 bits per heavy atom. The third-order valence-corrected chi connectivity index (χ3v) is 8.08. The SMILES string of the molecule is CNC(=O)c1c(-c2ccc(Cc3ccccc3)cc2)oc2nc(CN(CCCCC(=O)O)S(=O)O)c(C3CC3)cc12. The van der Waals surface area contributed by atoms with E-state index in [1.165, 1.54) is 9.87 Å². The number of furan rings is 1. The molecule has 10 heteroatoms. The van der Waals surface area contributed by atoms with Gasteiger partial charge in [-0.05, 0) is 60.8 Å². The Labute approximate surface area is 241 Å². The molecule has 9 nitrogen and oxygen atoms in total. The normalized spacial score (nSPS) is 13.9. The van der Waals surface area contributed by atoms with Gasteiger partial charge >= 0.3 is 5.97 Å². The molecule has 0 radical (unpaired) electrons. The number of amides is 1. The zero-order valence-corrected chi connectivity index (χ0v) is 23.7. The van der Waals surface area contributed by atoms with E-state index in [1.54, 1.807) is 7.05 Å². The first kappa shape index (κ1) is 28.7. The molecule has 5 rings (SSSR count). The molecule has 2 heterocycles. The fraction of sp³-hybridized carbons (Fsp3) is 0.323. The lowest BCUT2D eigenvalue weighted by atomic mass is 9.99. The second-order valence-corrected chi connectivity index (χ2v) is 11.3. The van der Waals surface area contributed by atoms with E-state index in [0.29, 0.717) is 41.0 Å². The monoisotopic (exact) mass is 575 g/mol. The number of nitrogens with one attached hydrogen (secondary N) is 1. The molecule has 0 bridgehead atoms. The van der Waals surface area contributed by atoms with Gasteiger partial charge in [-0.3, -0.25) is 14.1 Å². The number of hydrogen-bond donors (Lipinski definition) is 3. The van der Waals surface area contributed by atoms with Crippen molar-refractivity contribution in [3.8, 4) is 11.3 Å². The minimum Gasteiger partial charge on any atom is -0.481 e. The molecular formula is C31H33N3O6S. The smallest absolute Gasteiger partial charge is 0.303 e. The van der Waals surface area contributed by atoms with Crippen molar-refractivity contribution < 1.29 is 27.9 Å². The van der Waals surface area contributed by atoms with Crippen LogP contribution in [0.3, 0.4) is 0 Å². The Balaban J connectivity index is 1.48. The second-order valence-electron chi connectivity index (χ2n) is 10.3. The van der Waals surface area contributed by atoms with E-state index < -0.39 is 17.2 Å². The summed E-state index contributed by atoms with van der Waals surface area (Å²) in [7, 11) is 1.58. The lowest BCUT2D eigenvalue weighted by Crippen LogP contribution is -2.27. The van der Waals surface area contributed by atoms with Crippen molar-refractivity contribution >= 4 is 34.2 Å². The molecule has 1 saturated carbocycles. The first-order valence-electron chi connectivity index (χ1n) is 13.7. The van der Waals surface area contributed by atoms with Gasteiger partial charge in [-0.2, -0.15) is 4.31 Å². The van der Waals surface area contributed by atoms with Crippen LogP contribution in [-0.2, 0) is 29.0 Å². The molecule has 3 N–H and O–H groups in total. The molecule has 41 heavy (non-hydrogen) atoms. The summed E-state index contributed by atoms with van der Waals surface area (Å²) in [5, 5.41) is 12.2. The molecule has 0 aliphatic heterocycles. The highest BCUT2D eigenvalue weighted by Gasteiger charge is 2.31. The number of carbonyl (C=O) groups is 2. The van der Waals surface area contributed by atoms with E-state index in [-0.39, 0.29) is 31.3 Å². The highest BCUT2D eigenvalue weighted by molar-refractivity contribution is 7.76. The van der Waals surface area contributed by atoms with Crippen LogP contribution >= 0.6 is 0 Å². The first-order chi connectivity index (χ1) is 19.8. The van der Waals surface area contributed by atoms with Crippen molar-refractivity contribution in [3.05, 3.63) is 88.6 Å². The van der Waals surface area contributed by atoms with E-state index in [0.717, 1.165) is 36.0 Å². The van der Waals surface area contributed by atoms with Crippen molar-refractivity contribution in [2.24, 2.45) is 0 Å². The number of nitrogens with zero attached hydrogens (tertiary/aromatic N) is 2.